The Balaban J connectivity index is 2.62. The number of benzene rings is 1. The van der Waals surface area contributed by atoms with E-state index in [0.29, 0.717) is 0 Å². The maximum atomic E-state index is 13.5. The summed E-state index contributed by atoms with van der Waals surface area (Å²) in [5.74, 6) is -0.639. The van der Waals surface area contributed by atoms with Crippen LogP contribution in [0.4, 0.5) is 8.78 Å². The molecular formula is C9H10BrF2NO2S. The van der Waals surface area contributed by atoms with Gasteiger partial charge in [-0.1, -0.05) is 12.1 Å². The van der Waals surface area contributed by atoms with E-state index in [9.17, 15) is 13.0 Å². The normalized spacial score (nSPS) is 14.8. The van der Waals surface area contributed by atoms with Crippen molar-refractivity contribution in [2.24, 2.45) is 0 Å². The number of rotatable bonds is 5. The van der Waals surface area contributed by atoms with E-state index in [1.165, 1.54) is 18.2 Å². The van der Waals surface area contributed by atoms with E-state index >= 15 is 0 Å². The third kappa shape index (κ3) is 3.89. The van der Waals surface area contributed by atoms with Crippen molar-refractivity contribution >= 4 is 27.2 Å². The highest BCUT2D eigenvalue weighted by Crippen LogP contribution is 2.27. The van der Waals surface area contributed by atoms with Gasteiger partial charge in [0.25, 0.3) is 0 Å². The third-order valence-corrected chi connectivity index (χ3v) is 3.01. The summed E-state index contributed by atoms with van der Waals surface area (Å²) >= 11 is 0.792. The summed E-state index contributed by atoms with van der Waals surface area (Å²) < 4.78 is 47.9. The number of halogens is 3. The molecule has 7 heteroatoms. The van der Waals surface area contributed by atoms with Gasteiger partial charge in [0.2, 0.25) is 11.3 Å². The maximum absolute atomic E-state index is 13.5. The second-order valence-corrected chi connectivity index (χ2v) is 4.68. The van der Waals surface area contributed by atoms with E-state index in [1.807, 2.05) is 0 Å². The molecule has 0 saturated carbocycles. The molecule has 0 heterocycles. The summed E-state index contributed by atoms with van der Waals surface area (Å²) in [6.45, 7) is -0.00374. The zero-order chi connectivity index (χ0) is 12.1. The first kappa shape index (κ1) is 13.7. The van der Waals surface area contributed by atoms with E-state index in [2.05, 4.69) is 20.7 Å². The van der Waals surface area contributed by atoms with E-state index in [0.717, 1.165) is 0 Å². The molecule has 3 nitrogen and oxygen atoms in total. The molecule has 0 fully saturated rings. The van der Waals surface area contributed by atoms with E-state index < -0.39 is 23.3 Å². The van der Waals surface area contributed by atoms with Gasteiger partial charge >= 0.3 is 0 Å². The molecular weight excluding hydrogens is 304 g/mol. The predicted molar refractivity (Wildman–Crippen MR) is 61.3 cm³/mol. The topological polar surface area (TPSA) is 49.3 Å². The van der Waals surface area contributed by atoms with Gasteiger partial charge in [0.15, 0.2) is 0 Å². The first-order valence-electron chi connectivity index (χ1n) is 4.44. The van der Waals surface area contributed by atoms with Gasteiger partial charge in [0.1, 0.15) is 12.0 Å². The minimum absolute atomic E-state index is 0.00374. The smallest absolute Gasteiger partial charge is 0.231 e. The Labute approximate surface area is 103 Å². The summed E-state index contributed by atoms with van der Waals surface area (Å²) in [5.41, 5.74) is -0.0557. The monoisotopic (exact) mass is 313 g/mol. The van der Waals surface area contributed by atoms with Gasteiger partial charge in [-0.3, -0.25) is 4.55 Å². The lowest BCUT2D eigenvalue weighted by Crippen LogP contribution is -2.18. The number of alkyl halides is 1. The van der Waals surface area contributed by atoms with Crippen molar-refractivity contribution in [2.45, 2.75) is 12.6 Å². The van der Waals surface area contributed by atoms with Crippen LogP contribution in [-0.4, -0.2) is 15.3 Å². The zero-order valence-electron chi connectivity index (χ0n) is 8.12. The molecule has 0 aliphatic heterocycles. The lowest BCUT2D eigenvalue weighted by atomic mass is 10.1. The Bertz CT molecular complexity index is 392. The summed E-state index contributed by atoms with van der Waals surface area (Å²) in [6, 6.07) is 4.36. The van der Waals surface area contributed by atoms with Gasteiger partial charge in [0.05, 0.1) is 4.47 Å². The van der Waals surface area contributed by atoms with E-state index in [-0.39, 0.29) is 23.0 Å². The van der Waals surface area contributed by atoms with Crippen molar-refractivity contribution in [3.05, 3.63) is 34.1 Å². The van der Waals surface area contributed by atoms with Gasteiger partial charge in [-0.15, -0.1) is 0 Å². The summed E-state index contributed by atoms with van der Waals surface area (Å²) in [6.07, 6.45) is -1.58. The molecule has 2 unspecified atom stereocenters. The van der Waals surface area contributed by atoms with Gasteiger partial charge in [-0.25, -0.2) is 17.7 Å². The predicted octanol–water partition coefficient (Wildman–Crippen LogP) is 2.72. The Morgan fingerprint density at radius 3 is 2.88 bits per heavy atom. The fourth-order valence-electron chi connectivity index (χ4n) is 1.19. The molecule has 0 spiro atoms. The number of hydrogen-bond donors (Lipinski definition) is 2. The molecule has 90 valence electrons. The molecule has 0 bridgehead atoms. The molecule has 1 aromatic rings. The lowest BCUT2D eigenvalue weighted by Gasteiger charge is -2.10. The van der Waals surface area contributed by atoms with E-state index in [4.69, 9.17) is 4.55 Å². The highest BCUT2D eigenvalue weighted by Gasteiger charge is 2.16. The molecule has 0 aliphatic rings. The van der Waals surface area contributed by atoms with Crippen molar-refractivity contribution in [1.29, 1.82) is 0 Å². The fraction of sp³-hybridized carbons (Fsp3) is 0.333. The van der Waals surface area contributed by atoms with Crippen LogP contribution in [0.5, 0.6) is 0 Å². The van der Waals surface area contributed by atoms with Crippen LogP contribution in [0.15, 0.2) is 22.7 Å². The zero-order valence-corrected chi connectivity index (χ0v) is 10.5. The van der Waals surface area contributed by atoms with Gasteiger partial charge in [-0.05, 0) is 28.4 Å². The molecule has 0 saturated heterocycles. The molecule has 0 aromatic heterocycles. The van der Waals surface area contributed by atoms with Crippen LogP contribution in [0.3, 0.4) is 0 Å². The largest absolute Gasteiger partial charge is 0.294 e. The van der Waals surface area contributed by atoms with Crippen molar-refractivity contribution in [3.8, 4) is 0 Å². The second-order valence-electron chi connectivity index (χ2n) is 3.04. The summed E-state index contributed by atoms with van der Waals surface area (Å²) in [5, 5.41) is 0. The highest BCUT2D eigenvalue weighted by molar-refractivity contribution is 9.10. The van der Waals surface area contributed by atoms with Gasteiger partial charge in [-0.2, -0.15) is 0 Å². The molecule has 1 aromatic carbocycles. The van der Waals surface area contributed by atoms with Crippen molar-refractivity contribution in [1.82, 2.24) is 4.72 Å². The fourth-order valence-corrected chi connectivity index (χ4v) is 1.86. The average Bonchev–Trinajstić information content (AvgIpc) is 2.21. The first-order valence-corrected chi connectivity index (χ1v) is 6.34. The summed E-state index contributed by atoms with van der Waals surface area (Å²) in [7, 11) is 0. The average molecular weight is 314 g/mol. The molecule has 0 aliphatic carbocycles. The molecule has 2 atom stereocenters. The van der Waals surface area contributed by atoms with Gasteiger partial charge in [0, 0.05) is 12.1 Å². The Hall–Kier alpha value is -0.370. The molecule has 0 amide bonds. The Kier molecular flexibility index (Phi) is 5.47. The number of hydrogen-bond acceptors (Lipinski definition) is 1. The Morgan fingerprint density at radius 2 is 2.25 bits per heavy atom. The SMILES string of the molecule is O=S(O)NCCC(F)c1cccc(Br)c1F. The molecule has 0 radical (unpaired) electrons. The van der Waals surface area contributed by atoms with E-state index in [1.54, 1.807) is 0 Å². The maximum Gasteiger partial charge on any atom is 0.231 e. The first-order chi connectivity index (χ1) is 7.52. The van der Waals surface area contributed by atoms with Crippen LogP contribution in [-0.2, 0) is 11.3 Å². The van der Waals surface area contributed by atoms with Crippen molar-refractivity contribution in [3.63, 3.8) is 0 Å². The van der Waals surface area contributed by atoms with Crippen LogP contribution in [0, 0.1) is 5.82 Å². The quantitative estimate of drug-likeness (QED) is 0.821. The van der Waals surface area contributed by atoms with Crippen molar-refractivity contribution < 1.29 is 17.5 Å². The van der Waals surface area contributed by atoms with Crippen LogP contribution in [0.2, 0.25) is 0 Å². The molecule has 2 N–H and O–H groups in total. The summed E-state index contributed by atoms with van der Waals surface area (Å²) in [4.78, 5) is 0. The van der Waals surface area contributed by atoms with Crippen LogP contribution >= 0.6 is 15.9 Å². The lowest BCUT2D eigenvalue weighted by molar-refractivity contribution is 0.314. The molecule has 16 heavy (non-hydrogen) atoms. The number of nitrogens with one attached hydrogen (secondary N) is 1. The Morgan fingerprint density at radius 1 is 1.56 bits per heavy atom. The second kappa shape index (κ2) is 6.39. The molecule has 1 rings (SSSR count). The van der Waals surface area contributed by atoms with Crippen molar-refractivity contribution in [2.75, 3.05) is 6.54 Å². The standard InChI is InChI=1S/C9H10BrF2NO2S/c10-7-3-1-2-6(9(7)12)8(11)4-5-13-16(14)15/h1-3,8,13H,4-5H2,(H,14,15). The van der Waals surface area contributed by atoms with Crippen LogP contribution < -0.4 is 4.72 Å². The van der Waals surface area contributed by atoms with Crippen LogP contribution in [0.1, 0.15) is 18.2 Å². The highest BCUT2D eigenvalue weighted by atomic mass is 79.9. The minimum atomic E-state index is -2.17. The third-order valence-electron chi connectivity index (χ3n) is 1.94. The minimum Gasteiger partial charge on any atom is -0.294 e. The van der Waals surface area contributed by atoms with Gasteiger partial charge < -0.3 is 0 Å². The van der Waals surface area contributed by atoms with Crippen LogP contribution in [0.25, 0.3) is 0 Å².